The van der Waals surface area contributed by atoms with Crippen molar-refractivity contribution >= 4 is 27.4 Å². The lowest BCUT2D eigenvalue weighted by atomic mass is 9.93. The number of fused-ring (bicyclic) bond motifs is 1. The van der Waals surface area contributed by atoms with Crippen LogP contribution in [0.2, 0.25) is 0 Å². The third-order valence-corrected chi connectivity index (χ3v) is 7.57. The van der Waals surface area contributed by atoms with E-state index < -0.39 is 9.84 Å². The first-order valence-corrected chi connectivity index (χ1v) is 13.2. The highest BCUT2D eigenvalue weighted by Crippen LogP contribution is 2.36. The number of piperidine rings is 1. The molecule has 0 saturated carbocycles. The van der Waals surface area contributed by atoms with Gasteiger partial charge in [0.15, 0.2) is 15.7 Å². The number of nitrogens with zero attached hydrogens (tertiary/aromatic N) is 6. The first-order valence-electron chi connectivity index (χ1n) is 11.3. The molecular formula is C23H28N6O3S. The van der Waals surface area contributed by atoms with Crippen molar-refractivity contribution in [1.29, 1.82) is 0 Å². The van der Waals surface area contributed by atoms with E-state index in [1.54, 1.807) is 18.5 Å². The van der Waals surface area contributed by atoms with E-state index in [0.717, 1.165) is 67.5 Å². The largest absolute Gasteiger partial charge is 0.326 e. The third-order valence-electron chi connectivity index (χ3n) is 6.46. The van der Waals surface area contributed by atoms with Crippen LogP contribution in [0.4, 0.5) is 17.5 Å². The number of hydrogen-bond acceptors (Lipinski definition) is 9. The molecule has 4 heterocycles. The summed E-state index contributed by atoms with van der Waals surface area (Å²) in [5.74, 6) is 2.17. The minimum Gasteiger partial charge on any atom is -0.326 e. The van der Waals surface area contributed by atoms with Gasteiger partial charge in [-0.3, -0.25) is 0 Å². The zero-order chi connectivity index (χ0) is 23.2. The van der Waals surface area contributed by atoms with Crippen molar-refractivity contribution in [1.82, 2.24) is 20.1 Å². The maximum absolute atomic E-state index is 11.9. The Morgan fingerprint density at radius 2 is 1.88 bits per heavy atom. The molecule has 1 fully saturated rings. The van der Waals surface area contributed by atoms with Gasteiger partial charge in [-0.25, -0.2) is 18.4 Å². The molecular weight excluding hydrogens is 440 g/mol. The first-order chi connectivity index (χ1) is 15.8. The number of aromatic nitrogens is 4. The molecule has 9 nitrogen and oxygen atoms in total. The highest BCUT2D eigenvalue weighted by atomic mass is 32.2. The molecule has 0 unspecified atom stereocenters. The lowest BCUT2D eigenvalue weighted by Crippen LogP contribution is -2.33. The van der Waals surface area contributed by atoms with E-state index >= 15 is 0 Å². The third kappa shape index (κ3) is 4.31. The van der Waals surface area contributed by atoms with Crippen LogP contribution in [-0.4, -0.2) is 54.4 Å². The number of hydrogen-bond donors (Lipinski definition) is 0. The average Bonchev–Trinajstić information content (AvgIpc) is 3.46. The summed E-state index contributed by atoms with van der Waals surface area (Å²) >= 11 is 0. The van der Waals surface area contributed by atoms with Gasteiger partial charge in [0.25, 0.3) is 0 Å². The fourth-order valence-corrected chi connectivity index (χ4v) is 5.21. The quantitative estimate of drug-likeness (QED) is 0.556. The average molecular weight is 469 g/mol. The maximum atomic E-state index is 11.9. The van der Waals surface area contributed by atoms with Crippen LogP contribution < -0.4 is 9.80 Å². The Balaban J connectivity index is 1.30. The Morgan fingerprint density at radius 3 is 2.58 bits per heavy atom. The second kappa shape index (κ2) is 8.40. The van der Waals surface area contributed by atoms with Gasteiger partial charge in [0, 0.05) is 55.2 Å². The zero-order valence-electron chi connectivity index (χ0n) is 19.1. The fraction of sp³-hybridized carbons (Fsp3) is 0.478. The Morgan fingerprint density at radius 1 is 1.09 bits per heavy atom. The fourth-order valence-electron chi connectivity index (χ4n) is 4.54. The van der Waals surface area contributed by atoms with Crippen LogP contribution in [0.25, 0.3) is 0 Å². The van der Waals surface area contributed by atoms with Crippen LogP contribution in [0, 0.1) is 0 Å². The van der Waals surface area contributed by atoms with Crippen LogP contribution in [0.15, 0.2) is 40.0 Å². The predicted molar refractivity (Wildman–Crippen MR) is 125 cm³/mol. The second-order valence-electron chi connectivity index (χ2n) is 9.12. The van der Waals surface area contributed by atoms with Gasteiger partial charge in [-0.1, -0.05) is 19.0 Å². The standard InChI is InChI=1S/C23H28N6O3S/c1-15(2)22-26-23(32-27-22)28-9-6-16(7-10-28)19-13-21(25-14-24-19)29-11-8-17-12-18(33(3,30)31)4-5-20(17)29/h4-5,12-16H,6-11H2,1-3H3. The molecule has 174 valence electrons. The van der Waals surface area contributed by atoms with Crippen molar-refractivity contribution in [3.05, 3.63) is 47.7 Å². The van der Waals surface area contributed by atoms with Crippen LogP contribution in [-0.2, 0) is 16.3 Å². The van der Waals surface area contributed by atoms with Crippen molar-refractivity contribution in [3.8, 4) is 0 Å². The summed E-state index contributed by atoms with van der Waals surface area (Å²) in [5.41, 5.74) is 3.08. The van der Waals surface area contributed by atoms with Gasteiger partial charge in [0.2, 0.25) is 0 Å². The summed E-state index contributed by atoms with van der Waals surface area (Å²) in [6.45, 7) is 6.55. The topological polar surface area (TPSA) is 105 Å². The van der Waals surface area contributed by atoms with Gasteiger partial charge >= 0.3 is 6.01 Å². The number of sulfone groups is 1. The van der Waals surface area contributed by atoms with Crippen molar-refractivity contribution in [3.63, 3.8) is 0 Å². The summed E-state index contributed by atoms with van der Waals surface area (Å²) in [6, 6.07) is 8.01. The highest BCUT2D eigenvalue weighted by Gasteiger charge is 2.27. The van der Waals surface area contributed by atoms with Crippen LogP contribution in [0.5, 0.6) is 0 Å². The number of benzene rings is 1. The lowest BCUT2D eigenvalue weighted by molar-refractivity contribution is 0.386. The zero-order valence-corrected chi connectivity index (χ0v) is 19.9. The molecule has 0 aliphatic carbocycles. The van der Waals surface area contributed by atoms with E-state index in [2.05, 4.69) is 49.8 Å². The molecule has 5 rings (SSSR count). The maximum Gasteiger partial charge on any atom is 0.324 e. The molecule has 1 aromatic carbocycles. The van der Waals surface area contributed by atoms with E-state index in [1.807, 2.05) is 6.07 Å². The summed E-state index contributed by atoms with van der Waals surface area (Å²) < 4.78 is 29.2. The Bertz CT molecular complexity index is 1260. The Hall–Kier alpha value is -3.01. The molecule has 0 bridgehead atoms. The van der Waals surface area contributed by atoms with Crippen molar-refractivity contribution < 1.29 is 12.9 Å². The number of rotatable bonds is 5. The van der Waals surface area contributed by atoms with Gasteiger partial charge in [-0.2, -0.15) is 4.98 Å². The molecule has 10 heteroatoms. The molecule has 0 amide bonds. The Kier molecular flexibility index (Phi) is 5.55. The van der Waals surface area contributed by atoms with Crippen LogP contribution in [0.3, 0.4) is 0 Å². The van der Waals surface area contributed by atoms with E-state index in [-0.39, 0.29) is 5.92 Å². The Labute approximate surface area is 193 Å². The molecule has 2 aromatic heterocycles. The molecule has 3 aromatic rings. The molecule has 0 atom stereocenters. The summed E-state index contributed by atoms with van der Waals surface area (Å²) in [4.78, 5) is 18.3. The number of anilines is 3. The SMILES string of the molecule is CC(C)c1noc(N2CCC(c3cc(N4CCc5cc(S(C)(=O)=O)ccc54)ncn3)CC2)n1. The van der Waals surface area contributed by atoms with Gasteiger partial charge in [-0.05, 0) is 43.0 Å². The van der Waals surface area contributed by atoms with Crippen molar-refractivity contribution in [2.75, 3.05) is 35.7 Å². The first kappa shape index (κ1) is 21.8. The molecule has 0 N–H and O–H groups in total. The molecule has 0 radical (unpaired) electrons. The lowest BCUT2D eigenvalue weighted by Gasteiger charge is -2.30. The molecule has 0 spiro atoms. The van der Waals surface area contributed by atoms with Crippen LogP contribution >= 0.6 is 0 Å². The second-order valence-corrected chi connectivity index (χ2v) is 11.1. The molecule has 33 heavy (non-hydrogen) atoms. The van der Waals surface area contributed by atoms with E-state index in [9.17, 15) is 8.42 Å². The minimum atomic E-state index is -3.22. The van der Waals surface area contributed by atoms with Gasteiger partial charge in [0.1, 0.15) is 12.1 Å². The van der Waals surface area contributed by atoms with Gasteiger partial charge in [-0.15, -0.1) is 0 Å². The van der Waals surface area contributed by atoms with Gasteiger partial charge in [0.05, 0.1) is 4.90 Å². The van der Waals surface area contributed by atoms with Crippen molar-refractivity contribution in [2.24, 2.45) is 0 Å². The highest BCUT2D eigenvalue weighted by molar-refractivity contribution is 7.90. The van der Waals surface area contributed by atoms with Crippen molar-refractivity contribution in [2.45, 2.75) is 49.8 Å². The monoisotopic (exact) mass is 468 g/mol. The predicted octanol–water partition coefficient (Wildman–Crippen LogP) is 3.46. The van der Waals surface area contributed by atoms with E-state index in [1.165, 1.54) is 6.26 Å². The minimum absolute atomic E-state index is 0.244. The summed E-state index contributed by atoms with van der Waals surface area (Å²) in [5, 5.41) is 4.07. The normalized spacial score (nSPS) is 17.1. The van der Waals surface area contributed by atoms with E-state index in [4.69, 9.17) is 4.52 Å². The molecule has 1 saturated heterocycles. The molecule has 2 aliphatic heterocycles. The summed E-state index contributed by atoms with van der Waals surface area (Å²) in [6.07, 6.45) is 5.56. The van der Waals surface area contributed by atoms with E-state index in [0.29, 0.717) is 16.8 Å². The summed E-state index contributed by atoms with van der Waals surface area (Å²) in [7, 11) is -3.22. The van der Waals surface area contributed by atoms with Crippen LogP contribution in [0.1, 0.15) is 55.6 Å². The van der Waals surface area contributed by atoms with Gasteiger partial charge < -0.3 is 14.3 Å². The molecule has 2 aliphatic rings. The smallest absolute Gasteiger partial charge is 0.324 e.